The lowest BCUT2D eigenvalue weighted by Crippen LogP contribution is -2.50. The van der Waals surface area contributed by atoms with Gasteiger partial charge in [-0.1, -0.05) is 24.3 Å². The maximum absolute atomic E-state index is 12.4. The molecule has 0 aliphatic carbocycles. The number of nitrogens with zero attached hydrogens (tertiary/aromatic N) is 1. The first-order chi connectivity index (χ1) is 10.5. The molecule has 0 atom stereocenters. The largest absolute Gasteiger partial charge is 0.444 e. The molecule has 1 aromatic rings. The number of hydrogen-bond acceptors (Lipinski definition) is 3. The molecule has 1 N–H and O–H groups in total. The minimum absolute atomic E-state index is 0.261. The Labute approximate surface area is 141 Å². The van der Waals surface area contributed by atoms with E-state index in [0.29, 0.717) is 6.54 Å². The van der Waals surface area contributed by atoms with Gasteiger partial charge in [0.15, 0.2) is 0 Å². The summed E-state index contributed by atoms with van der Waals surface area (Å²) in [6.07, 6.45) is -0.261. The van der Waals surface area contributed by atoms with Crippen molar-refractivity contribution in [1.29, 1.82) is 0 Å². The zero-order chi connectivity index (χ0) is 17.7. The van der Waals surface area contributed by atoms with E-state index in [0.717, 1.165) is 13.1 Å². The molecule has 0 heterocycles. The molecule has 0 saturated heterocycles. The highest BCUT2D eigenvalue weighted by molar-refractivity contribution is 5.69. The number of amides is 1. The number of carbonyl (C=O) groups excluding carboxylic acids is 1. The van der Waals surface area contributed by atoms with Gasteiger partial charge in [0.2, 0.25) is 0 Å². The van der Waals surface area contributed by atoms with Crippen molar-refractivity contribution in [3.8, 4) is 0 Å². The van der Waals surface area contributed by atoms with Crippen LogP contribution in [0.25, 0.3) is 0 Å². The summed E-state index contributed by atoms with van der Waals surface area (Å²) in [6.45, 7) is 16.0. The van der Waals surface area contributed by atoms with E-state index in [-0.39, 0.29) is 11.6 Å². The van der Waals surface area contributed by atoms with Crippen LogP contribution in [0.5, 0.6) is 0 Å². The monoisotopic (exact) mass is 320 g/mol. The Hall–Kier alpha value is -1.55. The highest BCUT2D eigenvalue weighted by Gasteiger charge is 2.30. The van der Waals surface area contributed by atoms with Gasteiger partial charge in [-0.05, 0) is 59.6 Å². The third kappa shape index (κ3) is 7.04. The van der Waals surface area contributed by atoms with Crippen LogP contribution in [0.3, 0.4) is 0 Å². The number of carbonyl (C=O) groups is 1. The Morgan fingerprint density at radius 1 is 1.13 bits per heavy atom. The number of hydrogen-bond donors (Lipinski definition) is 1. The topological polar surface area (TPSA) is 41.6 Å². The fourth-order valence-corrected chi connectivity index (χ4v) is 2.24. The van der Waals surface area contributed by atoms with Crippen LogP contribution in [0.15, 0.2) is 24.3 Å². The van der Waals surface area contributed by atoms with Crippen molar-refractivity contribution in [3.05, 3.63) is 35.4 Å². The van der Waals surface area contributed by atoms with Crippen molar-refractivity contribution in [2.45, 2.75) is 66.2 Å². The van der Waals surface area contributed by atoms with E-state index in [4.69, 9.17) is 4.74 Å². The molecule has 0 aliphatic rings. The van der Waals surface area contributed by atoms with E-state index in [1.807, 2.05) is 53.7 Å². The van der Waals surface area contributed by atoms with Gasteiger partial charge in [0.05, 0.1) is 0 Å². The van der Waals surface area contributed by atoms with Gasteiger partial charge in [-0.25, -0.2) is 4.79 Å². The standard InChI is InChI=1S/C19H32N2O2/c1-15-10-8-9-11-16(15)14-20-12-13-21(18(2,3)4)17(22)23-19(5,6)7/h8-11,20H,12-14H2,1-7H3. The Morgan fingerprint density at radius 3 is 2.26 bits per heavy atom. The molecule has 1 amide bonds. The average Bonchev–Trinajstić information content (AvgIpc) is 2.36. The molecule has 1 aromatic carbocycles. The van der Waals surface area contributed by atoms with E-state index in [1.54, 1.807) is 4.90 Å². The molecule has 4 nitrogen and oxygen atoms in total. The smallest absolute Gasteiger partial charge is 0.410 e. The molecule has 0 spiro atoms. The van der Waals surface area contributed by atoms with Crippen LogP contribution in [0.1, 0.15) is 52.7 Å². The van der Waals surface area contributed by atoms with Crippen LogP contribution in [0, 0.1) is 6.92 Å². The molecule has 4 heteroatoms. The van der Waals surface area contributed by atoms with Crippen molar-refractivity contribution in [2.24, 2.45) is 0 Å². The summed E-state index contributed by atoms with van der Waals surface area (Å²) in [5, 5.41) is 3.41. The van der Waals surface area contributed by atoms with Gasteiger partial charge in [0, 0.05) is 25.2 Å². The molecule has 0 bridgehead atoms. The second kappa shape index (κ2) is 7.82. The zero-order valence-electron chi connectivity index (χ0n) is 15.7. The Kier molecular flexibility index (Phi) is 6.63. The van der Waals surface area contributed by atoms with Crippen LogP contribution < -0.4 is 5.32 Å². The lowest BCUT2D eigenvalue weighted by atomic mass is 10.1. The number of benzene rings is 1. The highest BCUT2D eigenvalue weighted by atomic mass is 16.6. The van der Waals surface area contributed by atoms with Gasteiger partial charge in [-0.2, -0.15) is 0 Å². The van der Waals surface area contributed by atoms with Gasteiger partial charge in [0.1, 0.15) is 5.60 Å². The molecule has 0 radical (unpaired) electrons. The van der Waals surface area contributed by atoms with Crippen LogP contribution in [-0.4, -0.2) is 35.2 Å². The van der Waals surface area contributed by atoms with Crippen molar-refractivity contribution in [2.75, 3.05) is 13.1 Å². The van der Waals surface area contributed by atoms with Gasteiger partial charge in [-0.3, -0.25) is 0 Å². The fourth-order valence-electron chi connectivity index (χ4n) is 2.24. The second-order valence-corrected chi connectivity index (χ2v) is 7.91. The first-order valence-electron chi connectivity index (χ1n) is 8.26. The van der Waals surface area contributed by atoms with Crippen molar-refractivity contribution in [3.63, 3.8) is 0 Å². The zero-order valence-corrected chi connectivity index (χ0v) is 15.7. The molecule has 0 aromatic heterocycles. The van der Waals surface area contributed by atoms with Gasteiger partial charge in [0.25, 0.3) is 0 Å². The Bertz CT molecular complexity index is 513. The second-order valence-electron chi connectivity index (χ2n) is 7.91. The van der Waals surface area contributed by atoms with Crippen LogP contribution >= 0.6 is 0 Å². The number of rotatable bonds is 5. The molecule has 0 unspecified atom stereocenters. The number of ether oxygens (including phenoxy) is 1. The highest BCUT2D eigenvalue weighted by Crippen LogP contribution is 2.18. The van der Waals surface area contributed by atoms with Gasteiger partial charge in [-0.15, -0.1) is 0 Å². The van der Waals surface area contributed by atoms with Gasteiger partial charge >= 0.3 is 6.09 Å². The molecular weight excluding hydrogens is 288 g/mol. The summed E-state index contributed by atoms with van der Waals surface area (Å²) in [5.41, 5.74) is 1.81. The Balaban J connectivity index is 2.56. The Morgan fingerprint density at radius 2 is 1.74 bits per heavy atom. The quantitative estimate of drug-likeness (QED) is 0.830. The average molecular weight is 320 g/mol. The maximum Gasteiger partial charge on any atom is 0.410 e. The molecule has 0 fully saturated rings. The molecular formula is C19H32N2O2. The first-order valence-corrected chi connectivity index (χ1v) is 8.26. The van der Waals surface area contributed by atoms with Crippen molar-refractivity contribution in [1.82, 2.24) is 10.2 Å². The molecule has 23 heavy (non-hydrogen) atoms. The van der Waals surface area contributed by atoms with E-state index in [2.05, 4.69) is 24.4 Å². The number of nitrogens with one attached hydrogen (secondary N) is 1. The predicted molar refractivity (Wildman–Crippen MR) is 95.6 cm³/mol. The SMILES string of the molecule is Cc1ccccc1CNCCN(C(=O)OC(C)(C)C)C(C)(C)C. The molecule has 1 rings (SSSR count). The van der Waals surface area contributed by atoms with Crippen LogP contribution in [0.2, 0.25) is 0 Å². The van der Waals surface area contributed by atoms with Crippen molar-refractivity contribution < 1.29 is 9.53 Å². The van der Waals surface area contributed by atoms with Crippen LogP contribution in [0.4, 0.5) is 4.79 Å². The molecule has 0 saturated carbocycles. The lowest BCUT2D eigenvalue weighted by Gasteiger charge is -2.37. The van der Waals surface area contributed by atoms with E-state index in [9.17, 15) is 4.79 Å². The van der Waals surface area contributed by atoms with E-state index < -0.39 is 5.60 Å². The summed E-state index contributed by atoms with van der Waals surface area (Å²) in [4.78, 5) is 14.2. The van der Waals surface area contributed by atoms with Crippen molar-refractivity contribution >= 4 is 6.09 Å². The number of aryl methyl sites for hydroxylation is 1. The summed E-state index contributed by atoms with van der Waals surface area (Å²) < 4.78 is 5.52. The molecule has 0 aliphatic heterocycles. The predicted octanol–water partition coefficient (Wildman–Crippen LogP) is 4.12. The third-order valence-corrected chi connectivity index (χ3v) is 3.51. The lowest BCUT2D eigenvalue weighted by molar-refractivity contribution is 0.00663. The summed E-state index contributed by atoms with van der Waals surface area (Å²) >= 11 is 0. The fraction of sp³-hybridized carbons (Fsp3) is 0.632. The van der Waals surface area contributed by atoms with Gasteiger partial charge < -0.3 is 15.0 Å². The van der Waals surface area contributed by atoms with Crippen LogP contribution in [-0.2, 0) is 11.3 Å². The summed E-state index contributed by atoms with van der Waals surface area (Å²) in [6, 6.07) is 8.33. The summed E-state index contributed by atoms with van der Waals surface area (Å²) in [7, 11) is 0. The minimum Gasteiger partial charge on any atom is -0.444 e. The minimum atomic E-state index is -0.477. The maximum atomic E-state index is 12.4. The van der Waals surface area contributed by atoms with E-state index >= 15 is 0 Å². The normalized spacial score (nSPS) is 12.1. The summed E-state index contributed by atoms with van der Waals surface area (Å²) in [5.74, 6) is 0. The third-order valence-electron chi connectivity index (χ3n) is 3.51. The first kappa shape index (κ1) is 19.5. The molecule has 130 valence electrons. The van der Waals surface area contributed by atoms with E-state index in [1.165, 1.54) is 11.1 Å².